The summed E-state index contributed by atoms with van der Waals surface area (Å²) in [5.74, 6) is 0.256. The Balaban J connectivity index is 0.00000312. The molecule has 0 saturated heterocycles. The van der Waals surface area contributed by atoms with E-state index in [0.717, 1.165) is 11.1 Å². The summed E-state index contributed by atoms with van der Waals surface area (Å²) in [7, 11) is 0. The molecule has 25 heavy (non-hydrogen) atoms. The largest absolute Gasteiger partial charge is 0.370 e. The van der Waals surface area contributed by atoms with Crippen LogP contribution in [0, 0.1) is 10.1 Å². The van der Waals surface area contributed by atoms with Crippen LogP contribution in [0.25, 0.3) is 0 Å². The standard InChI is InChI=1S/C16H16Cl2N4O2.HI/c1-10(14-7-4-12(17)8-15(14)18)21-16(19)20-9-11-2-5-13(6-3-11)22(23)24;/h2-8,10H,9H2,1H3,(H3,19,20,21);1H. The van der Waals surface area contributed by atoms with Gasteiger partial charge in [-0.25, -0.2) is 4.99 Å². The average Bonchev–Trinajstić information content (AvgIpc) is 2.53. The smallest absolute Gasteiger partial charge is 0.269 e. The van der Waals surface area contributed by atoms with Gasteiger partial charge in [-0.3, -0.25) is 10.1 Å². The molecule has 0 aliphatic carbocycles. The third-order valence-electron chi connectivity index (χ3n) is 3.37. The van der Waals surface area contributed by atoms with Gasteiger partial charge >= 0.3 is 0 Å². The Morgan fingerprint density at radius 3 is 2.48 bits per heavy atom. The van der Waals surface area contributed by atoms with E-state index in [9.17, 15) is 10.1 Å². The lowest BCUT2D eigenvalue weighted by Gasteiger charge is -2.16. The van der Waals surface area contributed by atoms with Gasteiger partial charge < -0.3 is 11.1 Å². The molecule has 0 aliphatic heterocycles. The van der Waals surface area contributed by atoms with Crippen LogP contribution in [-0.4, -0.2) is 10.9 Å². The molecule has 2 rings (SSSR count). The van der Waals surface area contributed by atoms with Crippen molar-refractivity contribution in [2.24, 2.45) is 10.7 Å². The zero-order chi connectivity index (χ0) is 17.7. The maximum Gasteiger partial charge on any atom is 0.269 e. The van der Waals surface area contributed by atoms with Gasteiger partial charge in [0.2, 0.25) is 0 Å². The molecule has 2 aromatic rings. The summed E-state index contributed by atoms with van der Waals surface area (Å²) in [5, 5.41) is 14.8. The number of nitro groups is 1. The van der Waals surface area contributed by atoms with E-state index in [-0.39, 0.29) is 41.7 Å². The van der Waals surface area contributed by atoms with Crippen LogP contribution in [0.15, 0.2) is 47.5 Å². The molecule has 0 radical (unpaired) electrons. The molecule has 6 nitrogen and oxygen atoms in total. The van der Waals surface area contributed by atoms with Crippen LogP contribution in [-0.2, 0) is 6.54 Å². The Morgan fingerprint density at radius 2 is 1.92 bits per heavy atom. The molecule has 0 amide bonds. The quantitative estimate of drug-likeness (QED) is 0.207. The highest BCUT2D eigenvalue weighted by Gasteiger charge is 2.10. The van der Waals surface area contributed by atoms with Gasteiger partial charge in [-0.1, -0.05) is 41.4 Å². The maximum atomic E-state index is 10.6. The van der Waals surface area contributed by atoms with E-state index in [1.165, 1.54) is 12.1 Å². The molecule has 0 saturated carbocycles. The van der Waals surface area contributed by atoms with Gasteiger partial charge in [0.05, 0.1) is 17.5 Å². The van der Waals surface area contributed by atoms with Gasteiger partial charge in [-0.15, -0.1) is 24.0 Å². The molecule has 134 valence electrons. The van der Waals surface area contributed by atoms with Crippen LogP contribution >= 0.6 is 47.2 Å². The summed E-state index contributed by atoms with van der Waals surface area (Å²) in [6.45, 7) is 2.22. The van der Waals surface area contributed by atoms with Gasteiger partial charge in [0.15, 0.2) is 5.96 Å². The first-order valence-electron chi connectivity index (χ1n) is 7.11. The highest BCUT2D eigenvalue weighted by Crippen LogP contribution is 2.25. The molecule has 0 fully saturated rings. The number of guanidine groups is 1. The number of nitrogens with two attached hydrogens (primary N) is 1. The molecule has 0 bridgehead atoms. The summed E-state index contributed by atoms with van der Waals surface area (Å²) in [4.78, 5) is 14.4. The van der Waals surface area contributed by atoms with Crippen molar-refractivity contribution in [2.75, 3.05) is 0 Å². The lowest BCUT2D eigenvalue weighted by Crippen LogP contribution is -2.34. The van der Waals surface area contributed by atoms with Crippen LogP contribution < -0.4 is 11.1 Å². The number of non-ortho nitro benzene ring substituents is 1. The topological polar surface area (TPSA) is 93.5 Å². The first-order chi connectivity index (χ1) is 11.4. The summed E-state index contributed by atoms with van der Waals surface area (Å²) >= 11 is 12.0. The van der Waals surface area contributed by atoms with Gasteiger partial charge in [0.25, 0.3) is 5.69 Å². The number of nitro benzene ring substituents is 1. The number of benzene rings is 2. The zero-order valence-corrected chi connectivity index (χ0v) is 17.1. The molecule has 0 spiro atoms. The molecular weight excluding hydrogens is 478 g/mol. The molecule has 0 aliphatic rings. The van der Waals surface area contributed by atoms with Crippen LogP contribution in [0.1, 0.15) is 24.1 Å². The number of aliphatic imine (C=N–C) groups is 1. The van der Waals surface area contributed by atoms with Crippen LogP contribution in [0.4, 0.5) is 5.69 Å². The Kier molecular flexibility index (Phi) is 8.40. The highest BCUT2D eigenvalue weighted by atomic mass is 127. The number of hydrogen-bond donors (Lipinski definition) is 2. The van der Waals surface area contributed by atoms with Crippen molar-refractivity contribution in [3.8, 4) is 0 Å². The fourth-order valence-corrected chi connectivity index (χ4v) is 2.67. The fourth-order valence-electron chi connectivity index (χ4n) is 2.10. The first-order valence-corrected chi connectivity index (χ1v) is 7.87. The minimum Gasteiger partial charge on any atom is -0.370 e. The lowest BCUT2D eigenvalue weighted by molar-refractivity contribution is -0.384. The zero-order valence-electron chi connectivity index (χ0n) is 13.3. The monoisotopic (exact) mass is 494 g/mol. The van der Waals surface area contributed by atoms with E-state index in [1.54, 1.807) is 24.3 Å². The second kappa shape index (κ2) is 9.79. The predicted molar refractivity (Wildman–Crippen MR) is 112 cm³/mol. The molecule has 1 atom stereocenters. The van der Waals surface area contributed by atoms with E-state index in [4.69, 9.17) is 28.9 Å². The number of nitrogens with one attached hydrogen (secondary N) is 1. The number of nitrogens with zero attached hydrogens (tertiary/aromatic N) is 2. The van der Waals surface area contributed by atoms with Crippen molar-refractivity contribution in [3.63, 3.8) is 0 Å². The Morgan fingerprint density at radius 1 is 1.28 bits per heavy atom. The Hall–Kier alpha value is -1.58. The Labute approximate surface area is 172 Å². The molecule has 2 aromatic carbocycles. The van der Waals surface area contributed by atoms with E-state index in [1.807, 2.05) is 13.0 Å². The van der Waals surface area contributed by atoms with Crippen molar-refractivity contribution in [1.29, 1.82) is 0 Å². The summed E-state index contributed by atoms with van der Waals surface area (Å²) in [6, 6.07) is 11.3. The van der Waals surface area contributed by atoms with Gasteiger partial charge in [-0.05, 0) is 30.2 Å². The molecular formula is C16H17Cl2IN4O2. The third kappa shape index (κ3) is 6.33. The molecule has 9 heteroatoms. The van der Waals surface area contributed by atoms with Crippen molar-refractivity contribution >= 4 is 58.8 Å². The van der Waals surface area contributed by atoms with Crippen molar-refractivity contribution in [2.45, 2.75) is 19.5 Å². The van der Waals surface area contributed by atoms with Crippen molar-refractivity contribution < 1.29 is 4.92 Å². The third-order valence-corrected chi connectivity index (χ3v) is 3.93. The number of halogens is 3. The highest BCUT2D eigenvalue weighted by molar-refractivity contribution is 14.0. The number of hydrogen-bond acceptors (Lipinski definition) is 3. The second-order valence-electron chi connectivity index (χ2n) is 5.16. The maximum absolute atomic E-state index is 10.6. The fraction of sp³-hybridized carbons (Fsp3) is 0.188. The SMILES string of the molecule is CC(NC(N)=NCc1ccc([N+](=O)[O-])cc1)c1ccc(Cl)cc1Cl.I. The van der Waals surface area contributed by atoms with E-state index >= 15 is 0 Å². The minimum absolute atomic E-state index is 0. The predicted octanol–water partition coefficient (Wildman–Crippen LogP) is 4.69. The summed E-state index contributed by atoms with van der Waals surface area (Å²) < 4.78 is 0. The summed E-state index contributed by atoms with van der Waals surface area (Å²) in [6.07, 6.45) is 0. The molecule has 3 N–H and O–H groups in total. The minimum atomic E-state index is -0.444. The molecule has 0 heterocycles. The normalized spacial score (nSPS) is 12.2. The molecule has 1 unspecified atom stereocenters. The van der Waals surface area contributed by atoms with Crippen LogP contribution in [0.2, 0.25) is 10.0 Å². The van der Waals surface area contributed by atoms with Crippen LogP contribution in [0.3, 0.4) is 0 Å². The average molecular weight is 495 g/mol. The summed E-state index contributed by atoms with van der Waals surface area (Å²) in [5.41, 5.74) is 7.60. The number of rotatable bonds is 5. The lowest BCUT2D eigenvalue weighted by atomic mass is 10.1. The van der Waals surface area contributed by atoms with Crippen molar-refractivity contribution in [1.82, 2.24) is 5.32 Å². The van der Waals surface area contributed by atoms with E-state index < -0.39 is 4.92 Å². The van der Waals surface area contributed by atoms with E-state index in [0.29, 0.717) is 16.6 Å². The first kappa shape index (κ1) is 21.5. The Bertz CT molecular complexity index is 769. The molecule has 0 aromatic heterocycles. The van der Waals surface area contributed by atoms with Crippen LogP contribution in [0.5, 0.6) is 0 Å². The van der Waals surface area contributed by atoms with Crippen molar-refractivity contribution in [3.05, 3.63) is 73.8 Å². The second-order valence-corrected chi connectivity index (χ2v) is 6.00. The van der Waals surface area contributed by atoms with Gasteiger partial charge in [-0.2, -0.15) is 0 Å². The van der Waals surface area contributed by atoms with E-state index in [2.05, 4.69) is 10.3 Å². The van der Waals surface area contributed by atoms with Gasteiger partial charge in [0, 0.05) is 22.2 Å². The van der Waals surface area contributed by atoms with Gasteiger partial charge in [0.1, 0.15) is 0 Å².